The van der Waals surface area contributed by atoms with Crippen molar-refractivity contribution in [2.75, 3.05) is 6.61 Å². The molecule has 0 spiro atoms. The fraction of sp³-hybridized carbons (Fsp3) is 0.333. The van der Waals surface area contributed by atoms with Crippen LogP contribution >= 0.6 is 0 Å². The second-order valence-electron chi connectivity index (χ2n) is 4.55. The van der Waals surface area contributed by atoms with Gasteiger partial charge >= 0.3 is 5.97 Å². The molecule has 4 nitrogen and oxygen atoms in total. The van der Waals surface area contributed by atoms with Gasteiger partial charge in [0.25, 0.3) is 0 Å². The van der Waals surface area contributed by atoms with Gasteiger partial charge in [-0.2, -0.15) is 0 Å². The first-order valence-corrected chi connectivity index (χ1v) is 5.78. The molecule has 0 aromatic rings. The predicted molar refractivity (Wildman–Crippen MR) is 74.5 cm³/mol. The minimum Gasteiger partial charge on any atom is -0.458 e. The molecule has 0 heterocycles. The number of esters is 1. The molecule has 0 aromatic heterocycles. The van der Waals surface area contributed by atoms with Crippen LogP contribution in [0.4, 0.5) is 0 Å². The number of Topliss-reactive ketones (excluding diaryl/α,β-unsaturated/α-hetero) is 1. The monoisotopic (exact) mass is 264 g/mol. The second kappa shape index (κ2) is 7.48. The van der Waals surface area contributed by atoms with Crippen molar-refractivity contribution in [3.05, 3.63) is 48.6 Å². The Morgan fingerprint density at radius 3 is 2.32 bits per heavy atom. The fourth-order valence-corrected chi connectivity index (χ4v) is 1.22. The Morgan fingerprint density at radius 1 is 1.32 bits per heavy atom. The number of rotatable bonds is 7. The van der Waals surface area contributed by atoms with Crippen LogP contribution < -0.4 is 0 Å². The lowest BCUT2D eigenvalue weighted by Gasteiger charge is -2.16. The summed E-state index contributed by atoms with van der Waals surface area (Å²) in [7, 11) is 0. The Bertz CT molecular complexity index is 434. The van der Waals surface area contributed by atoms with E-state index in [1.54, 1.807) is 13.0 Å². The first kappa shape index (κ1) is 17.1. The molecule has 0 saturated heterocycles. The standard InChI is InChI=1S/C15H20O4/c1-6-8-12(14(17)15(4,5)18)9-11(3)10-19-13(16)7-2/h6-9,18H,1-2,10H2,3-5H3. The van der Waals surface area contributed by atoms with Gasteiger partial charge in [-0.15, -0.1) is 0 Å². The third-order valence-electron chi connectivity index (χ3n) is 2.13. The van der Waals surface area contributed by atoms with E-state index in [0.717, 1.165) is 6.08 Å². The molecule has 0 radical (unpaired) electrons. The molecule has 19 heavy (non-hydrogen) atoms. The van der Waals surface area contributed by atoms with Crippen molar-refractivity contribution in [1.82, 2.24) is 0 Å². The highest BCUT2D eigenvalue weighted by atomic mass is 16.5. The molecule has 4 heteroatoms. The highest BCUT2D eigenvalue weighted by Crippen LogP contribution is 2.14. The maximum atomic E-state index is 11.9. The largest absolute Gasteiger partial charge is 0.458 e. The number of aliphatic hydroxyl groups is 1. The lowest BCUT2D eigenvalue weighted by molar-refractivity contribution is -0.136. The Balaban J connectivity index is 4.99. The predicted octanol–water partition coefficient (Wildman–Crippen LogP) is 2.11. The van der Waals surface area contributed by atoms with Gasteiger partial charge in [0.2, 0.25) is 0 Å². The molecule has 0 amide bonds. The smallest absolute Gasteiger partial charge is 0.330 e. The van der Waals surface area contributed by atoms with Crippen molar-refractivity contribution in [2.24, 2.45) is 0 Å². The quantitative estimate of drug-likeness (QED) is 0.434. The van der Waals surface area contributed by atoms with E-state index in [1.165, 1.54) is 26.0 Å². The summed E-state index contributed by atoms with van der Waals surface area (Å²) in [6.45, 7) is 11.4. The van der Waals surface area contributed by atoms with Crippen LogP contribution in [0.15, 0.2) is 48.6 Å². The van der Waals surface area contributed by atoms with Gasteiger partial charge in [-0.25, -0.2) is 4.79 Å². The van der Waals surface area contributed by atoms with E-state index in [2.05, 4.69) is 13.2 Å². The van der Waals surface area contributed by atoms with E-state index in [0.29, 0.717) is 11.1 Å². The number of allylic oxidation sites excluding steroid dienone is 3. The van der Waals surface area contributed by atoms with E-state index < -0.39 is 17.4 Å². The zero-order valence-electron chi connectivity index (χ0n) is 11.6. The van der Waals surface area contributed by atoms with Gasteiger partial charge in [0.1, 0.15) is 12.2 Å². The lowest BCUT2D eigenvalue weighted by Crippen LogP contribution is -2.32. The highest BCUT2D eigenvalue weighted by Gasteiger charge is 2.25. The summed E-state index contributed by atoms with van der Waals surface area (Å²) in [6.07, 6.45) is 5.58. The average molecular weight is 264 g/mol. The summed E-state index contributed by atoms with van der Waals surface area (Å²) < 4.78 is 4.85. The van der Waals surface area contributed by atoms with Crippen LogP contribution in [0, 0.1) is 0 Å². The zero-order valence-corrected chi connectivity index (χ0v) is 11.6. The van der Waals surface area contributed by atoms with Crippen LogP contribution in [0.3, 0.4) is 0 Å². The highest BCUT2D eigenvalue weighted by molar-refractivity contribution is 6.03. The molecule has 0 rings (SSSR count). The number of ketones is 1. The molecule has 0 fully saturated rings. The van der Waals surface area contributed by atoms with Crippen molar-refractivity contribution in [2.45, 2.75) is 26.4 Å². The molecule has 0 aliphatic carbocycles. The van der Waals surface area contributed by atoms with Gasteiger partial charge in [0.05, 0.1) is 0 Å². The summed E-state index contributed by atoms with van der Waals surface area (Å²) in [4.78, 5) is 22.9. The first-order valence-electron chi connectivity index (χ1n) is 5.78. The van der Waals surface area contributed by atoms with Crippen LogP contribution in [-0.4, -0.2) is 29.1 Å². The minimum atomic E-state index is -1.47. The van der Waals surface area contributed by atoms with Gasteiger partial charge in [0, 0.05) is 11.6 Å². The van der Waals surface area contributed by atoms with Crippen molar-refractivity contribution >= 4 is 11.8 Å². The molecule has 0 bridgehead atoms. The maximum Gasteiger partial charge on any atom is 0.330 e. The maximum absolute atomic E-state index is 11.9. The topological polar surface area (TPSA) is 63.6 Å². The number of carbonyl (C=O) groups is 2. The second-order valence-corrected chi connectivity index (χ2v) is 4.55. The Kier molecular flexibility index (Phi) is 6.72. The zero-order chi connectivity index (χ0) is 15.1. The summed E-state index contributed by atoms with van der Waals surface area (Å²) in [5, 5.41) is 9.70. The molecule has 1 N–H and O–H groups in total. The molecule has 0 aliphatic heterocycles. The Morgan fingerprint density at radius 2 is 1.89 bits per heavy atom. The summed E-state index contributed by atoms with van der Waals surface area (Å²) >= 11 is 0. The first-order chi connectivity index (χ1) is 8.72. The lowest BCUT2D eigenvalue weighted by atomic mass is 9.95. The van der Waals surface area contributed by atoms with Crippen molar-refractivity contribution in [3.63, 3.8) is 0 Å². The van der Waals surface area contributed by atoms with Crippen LogP contribution in [0.25, 0.3) is 0 Å². The number of hydrogen-bond acceptors (Lipinski definition) is 4. The van der Waals surface area contributed by atoms with E-state index in [4.69, 9.17) is 4.74 Å². The summed E-state index contributed by atoms with van der Waals surface area (Å²) in [5.74, 6) is -0.961. The van der Waals surface area contributed by atoms with Crippen molar-refractivity contribution < 1.29 is 19.4 Å². The summed E-state index contributed by atoms with van der Waals surface area (Å²) in [6, 6.07) is 0. The van der Waals surface area contributed by atoms with E-state index >= 15 is 0 Å². The molecule has 0 aliphatic rings. The number of carbonyl (C=O) groups excluding carboxylic acids is 2. The normalized spacial score (nSPS) is 12.8. The van der Waals surface area contributed by atoms with Crippen molar-refractivity contribution in [1.29, 1.82) is 0 Å². The molecule has 104 valence electrons. The number of hydrogen-bond donors (Lipinski definition) is 1. The molecule has 0 aromatic carbocycles. The van der Waals surface area contributed by atoms with Gasteiger partial charge in [-0.05, 0) is 32.4 Å². The molecular formula is C15H20O4. The Hall–Kier alpha value is -1.94. The minimum absolute atomic E-state index is 0.0540. The molecular weight excluding hydrogens is 244 g/mol. The van der Waals surface area contributed by atoms with E-state index in [1.807, 2.05) is 0 Å². The number of ether oxygens (including phenoxy) is 1. The average Bonchev–Trinajstić information content (AvgIpc) is 2.33. The molecule has 0 saturated carbocycles. The third kappa shape index (κ3) is 6.52. The molecule has 0 atom stereocenters. The van der Waals surface area contributed by atoms with Gasteiger partial charge in [-0.3, -0.25) is 4.79 Å². The van der Waals surface area contributed by atoms with Gasteiger partial charge < -0.3 is 9.84 Å². The molecule has 0 unspecified atom stereocenters. The third-order valence-corrected chi connectivity index (χ3v) is 2.13. The fourth-order valence-electron chi connectivity index (χ4n) is 1.22. The Labute approximate surface area is 113 Å². The van der Waals surface area contributed by atoms with Crippen LogP contribution in [0.5, 0.6) is 0 Å². The van der Waals surface area contributed by atoms with Gasteiger partial charge in [0.15, 0.2) is 5.78 Å². The van der Waals surface area contributed by atoms with Crippen LogP contribution in [0.2, 0.25) is 0 Å². The van der Waals surface area contributed by atoms with Crippen molar-refractivity contribution in [3.8, 4) is 0 Å². The van der Waals surface area contributed by atoms with Crippen LogP contribution in [0.1, 0.15) is 20.8 Å². The van der Waals surface area contributed by atoms with E-state index in [-0.39, 0.29) is 6.61 Å². The van der Waals surface area contributed by atoms with E-state index in [9.17, 15) is 14.7 Å². The summed E-state index contributed by atoms with van der Waals surface area (Å²) in [5.41, 5.74) is -0.501. The van der Waals surface area contributed by atoms with Crippen LogP contribution in [-0.2, 0) is 14.3 Å². The van der Waals surface area contributed by atoms with Gasteiger partial charge in [-0.1, -0.05) is 25.3 Å². The SMILES string of the molecule is C=CC=C(C=C(C)COC(=O)C=C)C(=O)C(C)(C)O.